The van der Waals surface area contributed by atoms with Crippen molar-refractivity contribution < 1.29 is 0 Å². The van der Waals surface area contributed by atoms with E-state index in [1.165, 1.54) is 27.9 Å². The fourth-order valence-corrected chi connectivity index (χ4v) is 2.69. The van der Waals surface area contributed by atoms with E-state index in [2.05, 4.69) is 62.3 Å². The standard InChI is InChI=1S/C18H24N2/c1-5-19-18(12-17-15(4)7-6-8-20-17)16-10-13(2)9-14(3)11-16/h6-11,18-19H,5,12H2,1-4H3. The lowest BCUT2D eigenvalue weighted by atomic mass is 9.96. The highest BCUT2D eigenvalue weighted by Gasteiger charge is 2.13. The van der Waals surface area contributed by atoms with E-state index in [1.807, 2.05) is 12.3 Å². The molecule has 1 atom stereocenters. The van der Waals surface area contributed by atoms with E-state index in [0.29, 0.717) is 6.04 Å². The number of aryl methyl sites for hydroxylation is 3. The normalized spacial score (nSPS) is 12.4. The molecule has 0 aliphatic carbocycles. The Morgan fingerprint density at radius 3 is 2.40 bits per heavy atom. The van der Waals surface area contributed by atoms with Crippen LogP contribution in [0.3, 0.4) is 0 Å². The highest BCUT2D eigenvalue weighted by atomic mass is 14.9. The Labute approximate surface area is 122 Å². The van der Waals surface area contributed by atoms with Gasteiger partial charge in [-0.1, -0.05) is 42.3 Å². The van der Waals surface area contributed by atoms with E-state index in [0.717, 1.165) is 13.0 Å². The third-order valence-corrected chi connectivity index (χ3v) is 3.61. The molecular formula is C18H24N2. The van der Waals surface area contributed by atoms with Crippen LogP contribution >= 0.6 is 0 Å². The highest BCUT2D eigenvalue weighted by Crippen LogP contribution is 2.21. The van der Waals surface area contributed by atoms with Crippen molar-refractivity contribution in [3.8, 4) is 0 Å². The monoisotopic (exact) mass is 268 g/mol. The molecule has 0 saturated carbocycles. The Morgan fingerprint density at radius 1 is 1.10 bits per heavy atom. The third kappa shape index (κ3) is 3.67. The van der Waals surface area contributed by atoms with Crippen molar-refractivity contribution in [2.24, 2.45) is 0 Å². The quantitative estimate of drug-likeness (QED) is 0.889. The van der Waals surface area contributed by atoms with Crippen LogP contribution in [0, 0.1) is 20.8 Å². The number of hydrogen-bond donors (Lipinski definition) is 1. The second-order valence-electron chi connectivity index (χ2n) is 5.50. The summed E-state index contributed by atoms with van der Waals surface area (Å²) in [5, 5.41) is 3.59. The Morgan fingerprint density at radius 2 is 1.80 bits per heavy atom. The smallest absolute Gasteiger partial charge is 0.0451 e. The van der Waals surface area contributed by atoms with Gasteiger partial charge in [-0.15, -0.1) is 0 Å². The first-order valence-corrected chi connectivity index (χ1v) is 7.32. The molecule has 0 aliphatic rings. The summed E-state index contributed by atoms with van der Waals surface area (Å²) in [5.41, 5.74) is 6.44. The van der Waals surface area contributed by atoms with Gasteiger partial charge in [0.1, 0.15) is 0 Å². The van der Waals surface area contributed by atoms with Crippen LogP contribution in [0.15, 0.2) is 36.5 Å². The molecule has 2 rings (SSSR count). The van der Waals surface area contributed by atoms with Gasteiger partial charge in [0.15, 0.2) is 0 Å². The van der Waals surface area contributed by atoms with Crippen LogP contribution in [0.2, 0.25) is 0 Å². The molecular weight excluding hydrogens is 244 g/mol. The van der Waals surface area contributed by atoms with E-state index in [9.17, 15) is 0 Å². The van der Waals surface area contributed by atoms with Crippen molar-refractivity contribution >= 4 is 0 Å². The van der Waals surface area contributed by atoms with Crippen LogP contribution in [0.4, 0.5) is 0 Å². The van der Waals surface area contributed by atoms with Crippen LogP contribution in [-0.2, 0) is 6.42 Å². The molecule has 1 unspecified atom stereocenters. The van der Waals surface area contributed by atoms with Crippen LogP contribution in [-0.4, -0.2) is 11.5 Å². The predicted molar refractivity (Wildman–Crippen MR) is 85.0 cm³/mol. The number of nitrogens with zero attached hydrogens (tertiary/aromatic N) is 1. The number of nitrogens with one attached hydrogen (secondary N) is 1. The fourth-order valence-electron chi connectivity index (χ4n) is 2.69. The summed E-state index contributed by atoms with van der Waals surface area (Å²) < 4.78 is 0. The summed E-state index contributed by atoms with van der Waals surface area (Å²) in [6, 6.07) is 11.2. The van der Waals surface area contributed by atoms with Crippen LogP contribution in [0.1, 0.15) is 40.9 Å². The summed E-state index contributed by atoms with van der Waals surface area (Å²) in [4.78, 5) is 4.53. The van der Waals surface area contributed by atoms with Gasteiger partial charge in [0.25, 0.3) is 0 Å². The van der Waals surface area contributed by atoms with Crippen LogP contribution in [0.5, 0.6) is 0 Å². The molecule has 2 nitrogen and oxygen atoms in total. The maximum absolute atomic E-state index is 4.53. The zero-order valence-electron chi connectivity index (χ0n) is 12.9. The molecule has 0 fully saturated rings. The lowest BCUT2D eigenvalue weighted by Crippen LogP contribution is -2.23. The zero-order chi connectivity index (χ0) is 14.5. The summed E-state index contributed by atoms with van der Waals surface area (Å²) in [6.45, 7) is 9.56. The zero-order valence-corrected chi connectivity index (χ0v) is 12.9. The minimum absolute atomic E-state index is 0.326. The fraction of sp³-hybridized carbons (Fsp3) is 0.389. The number of rotatable bonds is 5. The maximum Gasteiger partial charge on any atom is 0.0451 e. The first-order valence-electron chi connectivity index (χ1n) is 7.32. The van der Waals surface area contributed by atoms with Gasteiger partial charge in [0.2, 0.25) is 0 Å². The van der Waals surface area contributed by atoms with Gasteiger partial charge < -0.3 is 5.32 Å². The summed E-state index contributed by atoms with van der Waals surface area (Å²) in [5.74, 6) is 0. The molecule has 1 aromatic heterocycles. The Bertz CT molecular complexity index is 555. The molecule has 0 amide bonds. The van der Waals surface area contributed by atoms with E-state index in [1.54, 1.807) is 0 Å². The van der Waals surface area contributed by atoms with Crippen LogP contribution in [0.25, 0.3) is 0 Å². The SMILES string of the molecule is CCNC(Cc1ncccc1C)c1cc(C)cc(C)c1. The summed E-state index contributed by atoms with van der Waals surface area (Å²) >= 11 is 0. The average molecular weight is 268 g/mol. The third-order valence-electron chi connectivity index (χ3n) is 3.61. The molecule has 1 aromatic carbocycles. The number of pyridine rings is 1. The largest absolute Gasteiger partial charge is 0.310 e. The van der Waals surface area contributed by atoms with Gasteiger partial charge in [0, 0.05) is 24.4 Å². The van der Waals surface area contributed by atoms with E-state index in [4.69, 9.17) is 0 Å². The first-order chi connectivity index (χ1) is 9.60. The number of likely N-dealkylation sites (N-methyl/N-ethyl adjacent to an activating group) is 1. The second-order valence-corrected chi connectivity index (χ2v) is 5.50. The molecule has 0 radical (unpaired) electrons. The van der Waals surface area contributed by atoms with Crippen molar-refractivity contribution in [3.05, 3.63) is 64.5 Å². The summed E-state index contributed by atoms with van der Waals surface area (Å²) in [7, 11) is 0. The second kappa shape index (κ2) is 6.67. The Hall–Kier alpha value is -1.67. The van der Waals surface area contributed by atoms with Crippen molar-refractivity contribution in [1.82, 2.24) is 10.3 Å². The maximum atomic E-state index is 4.53. The average Bonchev–Trinajstić information content (AvgIpc) is 2.39. The first kappa shape index (κ1) is 14.7. The summed E-state index contributed by atoms with van der Waals surface area (Å²) in [6.07, 6.45) is 2.82. The van der Waals surface area contributed by atoms with Gasteiger partial charge >= 0.3 is 0 Å². The van der Waals surface area contributed by atoms with Crippen molar-refractivity contribution in [2.75, 3.05) is 6.54 Å². The lowest BCUT2D eigenvalue weighted by molar-refractivity contribution is 0.542. The van der Waals surface area contributed by atoms with Gasteiger partial charge in [-0.25, -0.2) is 0 Å². The van der Waals surface area contributed by atoms with Gasteiger partial charge in [-0.3, -0.25) is 4.98 Å². The number of benzene rings is 1. The molecule has 0 saturated heterocycles. The molecule has 0 spiro atoms. The van der Waals surface area contributed by atoms with Crippen LogP contribution < -0.4 is 5.32 Å². The van der Waals surface area contributed by atoms with Gasteiger partial charge in [0.05, 0.1) is 0 Å². The predicted octanol–water partition coefficient (Wildman–Crippen LogP) is 3.90. The van der Waals surface area contributed by atoms with Crippen molar-refractivity contribution in [3.63, 3.8) is 0 Å². The van der Waals surface area contributed by atoms with Gasteiger partial charge in [-0.05, 0) is 44.5 Å². The molecule has 20 heavy (non-hydrogen) atoms. The van der Waals surface area contributed by atoms with E-state index in [-0.39, 0.29) is 0 Å². The molecule has 1 N–H and O–H groups in total. The van der Waals surface area contributed by atoms with Crippen molar-refractivity contribution in [2.45, 2.75) is 40.2 Å². The molecule has 1 heterocycles. The van der Waals surface area contributed by atoms with Crippen molar-refractivity contribution in [1.29, 1.82) is 0 Å². The topological polar surface area (TPSA) is 24.9 Å². The molecule has 0 aliphatic heterocycles. The molecule has 2 aromatic rings. The Kier molecular flexibility index (Phi) is 4.91. The molecule has 106 valence electrons. The van der Waals surface area contributed by atoms with Gasteiger partial charge in [-0.2, -0.15) is 0 Å². The number of hydrogen-bond acceptors (Lipinski definition) is 2. The Balaban J connectivity index is 2.29. The lowest BCUT2D eigenvalue weighted by Gasteiger charge is -2.20. The molecule has 2 heteroatoms. The highest BCUT2D eigenvalue weighted by molar-refractivity contribution is 5.32. The van der Waals surface area contributed by atoms with E-state index < -0.39 is 0 Å². The van der Waals surface area contributed by atoms with E-state index >= 15 is 0 Å². The minimum Gasteiger partial charge on any atom is -0.310 e. The number of aromatic nitrogens is 1. The minimum atomic E-state index is 0.326. The molecule has 0 bridgehead atoms.